The van der Waals surface area contributed by atoms with Gasteiger partial charge in [-0.15, -0.1) is 0 Å². The van der Waals surface area contributed by atoms with Crippen LogP contribution in [0.4, 0.5) is 5.82 Å². The van der Waals surface area contributed by atoms with Gasteiger partial charge in [-0.1, -0.05) is 6.07 Å². The number of aromatic nitrogens is 2. The first-order valence-corrected chi connectivity index (χ1v) is 6.70. The molecule has 0 aromatic carbocycles. The average Bonchev–Trinajstić information content (AvgIpc) is 2.54. The van der Waals surface area contributed by atoms with Gasteiger partial charge in [-0.3, -0.25) is 4.79 Å². The van der Waals surface area contributed by atoms with Crippen molar-refractivity contribution in [1.29, 1.82) is 0 Å². The average molecular weight is 286 g/mol. The van der Waals surface area contributed by atoms with Gasteiger partial charge >= 0.3 is 0 Å². The molecule has 0 aliphatic heterocycles. The number of hydrogen-bond acceptors (Lipinski definition) is 5. The van der Waals surface area contributed by atoms with Crippen LogP contribution in [0.2, 0.25) is 0 Å². The van der Waals surface area contributed by atoms with Gasteiger partial charge < -0.3 is 15.4 Å². The van der Waals surface area contributed by atoms with Gasteiger partial charge in [0.1, 0.15) is 5.82 Å². The first-order valence-electron chi connectivity index (χ1n) is 6.70. The van der Waals surface area contributed by atoms with E-state index in [4.69, 9.17) is 4.74 Å². The minimum absolute atomic E-state index is 0.165. The quantitative estimate of drug-likeness (QED) is 0.847. The van der Waals surface area contributed by atoms with Gasteiger partial charge in [0.2, 0.25) is 5.88 Å². The maximum absolute atomic E-state index is 12.0. The smallest absolute Gasteiger partial charge is 0.253 e. The molecule has 2 rings (SSSR count). The van der Waals surface area contributed by atoms with Gasteiger partial charge in [0, 0.05) is 31.5 Å². The summed E-state index contributed by atoms with van der Waals surface area (Å²) < 4.78 is 4.98. The van der Waals surface area contributed by atoms with Crippen LogP contribution >= 0.6 is 0 Å². The zero-order chi connectivity index (χ0) is 15.1. The van der Waals surface area contributed by atoms with Gasteiger partial charge in [0.25, 0.3) is 5.91 Å². The zero-order valence-corrected chi connectivity index (χ0v) is 12.1. The minimum atomic E-state index is -0.165. The molecule has 2 aromatic rings. The summed E-state index contributed by atoms with van der Waals surface area (Å²) in [5.41, 5.74) is 1.43. The standard InChI is InChI=1S/C15H18N4O2/c1-3-16-13-6-5-12(10-17-13)15(20)19-9-11-4-7-14(21-2)18-8-11/h4-8,10H,3,9H2,1-2H3,(H,16,17)(H,19,20). The number of methoxy groups -OCH3 is 1. The number of rotatable bonds is 6. The van der Waals surface area contributed by atoms with Crippen LogP contribution in [0.15, 0.2) is 36.7 Å². The van der Waals surface area contributed by atoms with E-state index in [0.717, 1.165) is 17.9 Å². The molecule has 0 fully saturated rings. The Morgan fingerprint density at radius 1 is 1.19 bits per heavy atom. The first-order chi connectivity index (χ1) is 10.2. The summed E-state index contributed by atoms with van der Waals surface area (Å²) in [6, 6.07) is 7.15. The van der Waals surface area contributed by atoms with Gasteiger partial charge in [-0.05, 0) is 24.6 Å². The summed E-state index contributed by atoms with van der Waals surface area (Å²) in [5.74, 6) is 1.14. The Bertz CT molecular complexity index is 582. The number of nitrogens with one attached hydrogen (secondary N) is 2. The van der Waals surface area contributed by atoms with Crippen molar-refractivity contribution in [3.63, 3.8) is 0 Å². The topological polar surface area (TPSA) is 76.1 Å². The Morgan fingerprint density at radius 2 is 2.05 bits per heavy atom. The Balaban J connectivity index is 1.91. The lowest BCUT2D eigenvalue weighted by Gasteiger charge is -2.07. The normalized spacial score (nSPS) is 10.0. The second-order valence-electron chi connectivity index (χ2n) is 4.35. The van der Waals surface area contributed by atoms with E-state index in [2.05, 4.69) is 20.6 Å². The molecule has 2 N–H and O–H groups in total. The number of carbonyl (C=O) groups is 1. The molecular formula is C15H18N4O2. The molecule has 0 saturated heterocycles. The molecule has 2 heterocycles. The van der Waals surface area contributed by atoms with Gasteiger partial charge in [0.15, 0.2) is 0 Å². The Hall–Kier alpha value is -2.63. The van der Waals surface area contributed by atoms with E-state index in [1.54, 1.807) is 37.7 Å². The van der Waals surface area contributed by atoms with Crippen LogP contribution in [0.1, 0.15) is 22.8 Å². The third-order valence-corrected chi connectivity index (χ3v) is 2.84. The van der Waals surface area contributed by atoms with E-state index in [0.29, 0.717) is 18.0 Å². The van der Waals surface area contributed by atoms with Gasteiger partial charge in [-0.25, -0.2) is 9.97 Å². The number of nitrogens with zero attached hydrogens (tertiary/aromatic N) is 2. The monoisotopic (exact) mass is 286 g/mol. The maximum atomic E-state index is 12.0. The molecule has 0 saturated carbocycles. The molecule has 0 unspecified atom stereocenters. The fourth-order valence-electron chi connectivity index (χ4n) is 1.73. The molecule has 0 spiro atoms. The van der Waals surface area contributed by atoms with Crippen LogP contribution in [-0.2, 0) is 6.54 Å². The molecule has 6 heteroatoms. The molecule has 21 heavy (non-hydrogen) atoms. The lowest BCUT2D eigenvalue weighted by atomic mass is 10.2. The molecule has 0 aliphatic rings. The number of pyridine rings is 2. The van der Waals surface area contributed by atoms with Crippen molar-refractivity contribution < 1.29 is 9.53 Å². The summed E-state index contributed by atoms with van der Waals surface area (Å²) in [6.07, 6.45) is 3.23. The van der Waals surface area contributed by atoms with E-state index in [1.165, 1.54) is 0 Å². The zero-order valence-electron chi connectivity index (χ0n) is 12.1. The predicted octanol–water partition coefficient (Wildman–Crippen LogP) is 1.85. The Morgan fingerprint density at radius 3 is 2.62 bits per heavy atom. The van der Waals surface area contributed by atoms with Gasteiger partial charge in [-0.2, -0.15) is 0 Å². The molecule has 0 bridgehead atoms. The van der Waals surface area contributed by atoms with Crippen molar-refractivity contribution in [2.75, 3.05) is 19.0 Å². The van der Waals surface area contributed by atoms with Crippen LogP contribution in [0.3, 0.4) is 0 Å². The van der Waals surface area contributed by atoms with E-state index in [9.17, 15) is 4.79 Å². The van der Waals surface area contributed by atoms with E-state index in [1.807, 2.05) is 13.0 Å². The summed E-state index contributed by atoms with van der Waals surface area (Å²) in [6.45, 7) is 3.19. The summed E-state index contributed by atoms with van der Waals surface area (Å²) >= 11 is 0. The van der Waals surface area contributed by atoms with E-state index >= 15 is 0 Å². The summed E-state index contributed by atoms with van der Waals surface area (Å²) in [7, 11) is 1.56. The van der Waals surface area contributed by atoms with E-state index in [-0.39, 0.29) is 5.91 Å². The van der Waals surface area contributed by atoms with Crippen molar-refractivity contribution in [2.24, 2.45) is 0 Å². The van der Waals surface area contributed by atoms with Crippen molar-refractivity contribution in [2.45, 2.75) is 13.5 Å². The van der Waals surface area contributed by atoms with Crippen molar-refractivity contribution in [3.05, 3.63) is 47.8 Å². The minimum Gasteiger partial charge on any atom is -0.481 e. The summed E-state index contributed by atoms with van der Waals surface area (Å²) in [4.78, 5) is 20.2. The lowest BCUT2D eigenvalue weighted by Crippen LogP contribution is -2.23. The second kappa shape index (κ2) is 7.23. The van der Waals surface area contributed by atoms with Crippen LogP contribution in [0.25, 0.3) is 0 Å². The highest BCUT2D eigenvalue weighted by molar-refractivity contribution is 5.93. The van der Waals surface area contributed by atoms with Crippen LogP contribution in [0, 0.1) is 0 Å². The molecule has 0 atom stereocenters. The highest BCUT2D eigenvalue weighted by Gasteiger charge is 2.06. The molecule has 2 aromatic heterocycles. The number of hydrogen-bond donors (Lipinski definition) is 2. The van der Waals surface area contributed by atoms with Crippen molar-refractivity contribution in [3.8, 4) is 5.88 Å². The fraction of sp³-hybridized carbons (Fsp3) is 0.267. The van der Waals surface area contributed by atoms with Crippen LogP contribution < -0.4 is 15.4 Å². The molecule has 1 amide bonds. The molecular weight excluding hydrogens is 268 g/mol. The second-order valence-corrected chi connectivity index (χ2v) is 4.35. The molecule has 110 valence electrons. The highest BCUT2D eigenvalue weighted by atomic mass is 16.5. The van der Waals surface area contributed by atoms with Crippen LogP contribution in [0.5, 0.6) is 5.88 Å². The summed E-state index contributed by atoms with van der Waals surface area (Å²) in [5, 5.41) is 5.90. The van der Waals surface area contributed by atoms with Crippen LogP contribution in [-0.4, -0.2) is 29.5 Å². The molecule has 0 radical (unpaired) electrons. The van der Waals surface area contributed by atoms with Crippen molar-refractivity contribution >= 4 is 11.7 Å². The third-order valence-electron chi connectivity index (χ3n) is 2.84. The molecule has 6 nitrogen and oxygen atoms in total. The maximum Gasteiger partial charge on any atom is 0.253 e. The fourth-order valence-corrected chi connectivity index (χ4v) is 1.73. The highest BCUT2D eigenvalue weighted by Crippen LogP contribution is 2.07. The SMILES string of the molecule is CCNc1ccc(C(=O)NCc2ccc(OC)nc2)cn1. The number of anilines is 1. The number of ether oxygens (including phenoxy) is 1. The van der Waals surface area contributed by atoms with Crippen molar-refractivity contribution in [1.82, 2.24) is 15.3 Å². The Kier molecular flexibility index (Phi) is 5.09. The largest absolute Gasteiger partial charge is 0.481 e. The van der Waals surface area contributed by atoms with Gasteiger partial charge in [0.05, 0.1) is 12.7 Å². The number of amides is 1. The number of carbonyl (C=O) groups excluding carboxylic acids is 1. The first kappa shape index (κ1) is 14.8. The lowest BCUT2D eigenvalue weighted by molar-refractivity contribution is 0.0950. The third kappa shape index (κ3) is 4.17. The Labute approximate surface area is 123 Å². The van der Waals surface area contributed by atoms with E-state index < -0.39 is 0 Å². The predicted molar refractivity (Wildman–Crippen MR) is 80.4 cm³/mol. The molecule has 0 aliphatic carbocycles.